The van der Waals surface area contributed by atoms with Crippen LogP contribution in [0.4, 0.5) is 43.0 Å². The third-order valence-corrected chi connectivity index (χ3v) is 11.4. The van der Waals surface area contributed by atoms with Gasteiger partial charge in [0, 0.05) is 79.7 Å². The highest BCUT2D eigenvalue weighted by Crippen LogP contribution is 2.42. The lowest BCUT2D eigenvalue weighted by molar-refractivity contribution is -0.140. The van der Waals surface area contributed by atoms with E-state index in [2.05, 4.69) is 59.9 Å². The third kappa shape index (κ3) is 11.4. The predicted molar refractivity (Wildman–Crippen MR) is 243 cm³/mol. The molecule has 3 aromatic carbocycles. The van der Waals surface area contributed by atoms with Crippen molar-refractivity contribution in [1.82, 2.24) is 24.3 Å². The SMILES string of the molecule is CN(C)c1ccc(Nc2c3ccc(NC(=O)CCN4CCCC4)cc3nc3cc(NC(=O)CCN4CCCC4)ccc23)cc1.Cl.Nc1ccn(C2OC(CO)C(O)C2(F)F)c(=O)n1. The summed E-state index contributed by atoms with van der Waals surface area (Å²) >= 11 is 0. The van der Waals surface area contributed by atoms with Crippen LogP contribution < -0.4 is 32.3 Å². The lowest BCUT2D eigenvalue weighted by Gasteiger charge is -2.20. The molecule has 0 radical (unpaired) electrons. The van der Waals surface area contributed by atoms with Gasteiger partial charge in [-0.2, -0.15) is 13.8 Å². The van der Waals surface area contributed by atoms with E-state index in [-0.39, 0.29) is 30.0 Å². The van der Waals surface area contributed by atoms with Crippen molar-refractivity contribution in [2.75, 3.05) is 86.6 Å². The Hall–Kier alpha value is -5.50. The van der Waals surface area contributed by atoms with Gasteiger partial charge in [0.05, 0.1) is 23.3 Å². The Kier molecular flexibility index (Phi) is 15.5. The molecular weight excluding hydrogens is 838 g/mol. The monoisotopic (exact) mass is 892 g/mol. The van der Waals surface area contributed by atoms with Gasteiger partial charge in [-0.3, -0.25) is 14.2 Å². The fraction of sp³-hybridized carbons (Fsp3) is 0.432. The summed E-state index contributed by atoms with van der Waals surface area (Å²) in [5.74, 6) is -3.81. The normalized spacial score (nSPS) is 19.6. The summed E-state index contributed by atoms with van der Waals surface area (Å²) in [5.41, 5.74) is 10.2. The number of aliphatic hydroxyl groups is 2. The Labute approximate surface area is 369 Å². The van der Waals surface area contributed by atoms with E-state index in [9.17, 15) is 28.3 Å². The van der Waals surface area contributed by atoms with Gasteiger partial charge in [0.25, 0.3) is 0 Å². The van der Waals surface area contributed by atoms with E-state index in [4.69, 9.17) is 20.6 Å². The van der Waals surface area contributed by atoms with Crippen LogP contribution in [-0.4, -0.2) is 124 Å². The number of nitrogen functional groups attached to an aromatic ring is 1. The summed E-state index contributed by atoms with van der Waals surface area (Å²) in [6.07, 6.45) is 1.11. The molecule has 63 heavy (non-hydrogen) atoms. The van der Waals surface area contributed by atoms with E-state index in [1.165, 1.54) is 25.7 Å². The summed E-state index contributed by atoms with van der Waals surface area (Å²) in [5, 5.41) is 29.8. The van der Waals surface area contributed by atoms with Crippen molar-refractivity contribution in [3.8, 4) is 0 Å². The number of carbonyl (C=O) groups excluding carboxylic acids is 2. The van der Waals surface area contributed by atoms with Gasteiger partial charge in [-0.1, -0.05) is 0 Å². The molecule has 8 rings (SSSR count). The van der Waals surface area contributed by atoms with Gasteiger partial charge in [0.1, 0.15) is 11.9 Å². The van der Waals surface area contributed by atoms with E-state index in [1.54, 1.807) is 0 Å². The van der Waals surface area contributed by atoms with Crippen LogP contribution in [0, 0.1) is 0 Å². The topological polar surface area (TPSA) is 203 Å². The van der Waals surface area contributed by atoms with Crippen molar-refractivity contribution >= 4 is 80.3 Å². The van der Waals surface area contributed by atoms with E-state index in [1.807, 2.05) is 50.5 Å². The maximum absolute atomic E-state index is 13.7. The minimum Gasteiger partial charge on any atom is -0.394 e. The average Bonchev–Trinajstić information content (AvgIpc) is 4.02. The van der Waals surface area contributed by atoms with Crippen LogP contribution >= 0.6 is 12.4 Å². The summed E-state index contributed by atoms with van der Waals surface area (Å²) in [4.78, 5) is 52.0. The molecule has 0 spiro atoms. The van der Waals surface area contributed by atoms with Crippen LogP contribution in [0.25, 0.3) is 21.8 Å². The molecule has 0 bridgehead atoms. The molecule has 16 nitrogen and oxygen atoms in total. The zero-order chi connectivity index (χ0) is 44.0. The fourth-order valence-corrected chi connectivity index (χ4v) is 7.92. The van der Waals surface area contributed by atoms with Crippen molar-refractivity contribution in [1.29, 1.82) is 0 Å². The van der Waals surface area contributed by atoms with Gasteiger partial charge in [-0.15, -0.1) is 12.4 Å². The van der Waals surface area contributed by atoms with Gasteiger partial charge in [0.15, 0.2) is 6.10 Å². The molecule has 5 heterocycles. The molecule has 3 aliphatic heterocycles. The van der Waals surface area contributed by atoms with Crippen molar-refractivity contribution in [3.63, 3.8) is 0 Å². The zero-order valence-corrected chi connectivity index (χ0v) is 36.1. The van der Waals surface area contributed by atoms with Gasteiger partial charge in [0.2, 0.25) is 18.0 Å². The molecule has 3 atom stereocenters. The van der Waals surface area contributed by atoms with Crippen LogP contribution in [-0.2, 0) is 14.3 Å². The Balaban J connectivity index is 0.000000292. The van der Waals surface area contributed by atoms with Crippen molar-refractivity contribution in [2.24, 2.45) is 0 Å². The van der Waals surface area contributed by atoms with Crippen LogP contribution in [0.15, 0.2) is 77.7 Å². The second kappa shape index (κ2) is 20.8. The highest BCUT2D eigenvalue weighted by Gasteiger charge is 2.59. The molecule has 0 saturated carbocycles. The third-order valence-electron chi connectivity index (χ3n) is 11.4. The number of alkyl halides is 2. The van der Waals surface area contributed by atoms with E-state index >= 15 is 0 Å². The molecule has 3 fully saturated rings. The van der Waals surface area contributed by atoms with E-state index in [0.29, 0.717) is 17.4 Å². The molecule has 3 aliphatic rings. The van der Waals surface area contributed by atoms with E-state index < -0.39 is 36.7 Å². The number of benzene rings is 3. The Morgan fingerprint density at radius 1 is 0.825 bits per heavy atom. The molecule has 3 saturated heterocycles. The summed E-state index contributed by atoms with van der Waals surface area (Å²) in [7, 11) is 4.05. The minimum absolute atomic E-state index is 0. The Morgan fingerprint density at radius 3 is 1.79 bits per heavy atom. The number of pyridine rings is 1. The molecule has 2 aromatic heterocycles. The van der Waals surface area contributed by atoms with Gasteiger partial charge < -0.3 is 51.3 Å². The minimum atomic E-state index is -3.71. The number of carbonyl (C=O) groups is 2. The standard InChI is InChI=1S/C35H43N7O2.C9H11F2N3O4.ClH/c1-40(2)28-11-7-25(8-12-28)38-35-29-13-9-26(36-33(43)15-21-41-17-3-4-18-41)23-31(29)39-32-24-27(10-14-30(32)35)37-34(44)16-22-42-19-5-6-20-42;10-9(11)6(16)4(3-15)18-7(9)14-2-1-5(12)13-8(14)17;/h7-14,23-24H,3-6,15-22H2,1-2H3,(H,36,43)(H,37,44)(H,38,39);1-2,4,6-7,15-16H,3H2,(H2,12,13,17);1H. The predicted octanol–water partition coefficient (Wildman–Crippen LogP) is 5.18. The number of rotatable bonds is 13. The van der Waals surface area contributed by atoms with Crippen molar-refractivity contribution < 1.29 is 33.3 Å². The smallest absolute Gasteiger partial charge is 0.351 e. The number of ether oxygens (including phenoxy) is 1. The first-order chi connectivity index (χ1) is 29.8. The number of amides is 2. The number of fused-ring (bicyclic) bond motifs is 2. The summed E-state index contributed by atoms with van der Waals surface area (Å²) in [6, 6.07) is 21.2. The average molecular weight is 893 g/mol. The second-order valence-electron chi connectivity index (χ2n) is 16.1. The lowest BCUT2D eigenvalue weighted by atomic mass is 10.1. The molecular formula is C44H55ClF2N10O6. The molecule has 0 aliphatic carbocycles. The Morgan fingerprint density at radius 2 is 1.33 bits per heavy atom. The first-order valence-corrected chi connectivity index (χ1v) is 20.9. The number of aliphatic hydroxyl groups excluding tert-OH is 2. The number of likely N-dealkylation sites (tertiary alicyclic amines) is 2. The number of nitrogens with zero attached hydrogens (tertiary/aromatic N) is 6. The zero-order valence-electron chi connectivity index (χ0n) is 35.3. The molecule has 19 heteroatoms. The number of hydrogen-bond acceptors (Lipinski definition) is 13. The number of hydrogen-bond donors (Lipinski definition) is 6. The summed E-state index contributed by atoms with van der Waals surface area (Å²) in [6.45, 7) is 5.10. The maximum atomic E-state index is 13.7. The number of nitrogens with two attached hydrogens (primary N) is 1. The molecule has 3 unspecified atom stereocenters. The lowest BCUT2D eigenvalue weighted by Crippen LogP contribution is -2.41. The number of nitrogens with one attached hydrogen (secondary N) is 3. The first kappa shape index (κ1) is 47.0. The van der Waals surface area contributed by atoms with Crippen LogP contribution in [0.3, 0.4) is 0 Å². The van der Waals surface area contributed by atoms with E-state index in [0.717, 1.165) is 102 Å². The van der Waals surface area contributed by atoms with Gasteiger partial charge >= 0.3 is 11.6 Å². The highest BCUT2D eigenvalue weighted by atomic mass is 35.5. The quantitative estimate of drug-likeness (QED) is 0.0846. The van der Waals surface area contributed by atoms with Crippen molar-refractivity contribution in [2.45, 2.75) is 62.9 Å². The van der Waals surface area contributed by atoms with Crippen LogP contribution in [0.5, 0.6) is 0 Å². The fourth-order valence-electron chi connectivity index (χ4n) is 7.92. The first-order valence-electron chi connectivity index (χ1n) is 20.9. The second-order valence-corrected chi connectivity index (χ2v) is 16.1. The molecule has 7 N–H and O–H groups in total. The number of halogens is 3. The van der Waals surface area contributed by atoms with Gasteiger partial charge in [-0.25, -0.2) is 9.78 Å². The van der Waals surface area contributed by atoms with Crippen molar-refractivity contribution in [3.05, 3.63) is 83.4 Å². The van der Waals surface area contributed by atoms with Crippen LogP contribution in [0.2, 0.25) is 0 Å². The maximum Gasteiger partial charge on any atom is 0.351 e. The molecule has 5 aromatic rings. The number of anilines is 6. The number of aromatic nitrogens is 3. The largest absolute Gasteiger partial charge is 0.394 e. The van der Waals surface area contributed by atoms with Crippen LogP contribution in [0.1, 0.15) is 44.8 Å². The highest BCUT2D eigenvalue weighted by molar-refractivity contribution is 6.10. The van der Waals surface area contributed by atoms with Gasteiger partial charge in [-0.05, 0) is 119 Å². The molecule has 2 amide bonds. The summed E-state index contributed by atoms with van der Waals surface area (Å²) < 4.78 is 32.7. The Bertz CT molecular complexity index is 2340. The molecule has 338 valence electrons.